The van der Waals surface area contributed by atoms with Crippen molar-refractivity contribution >= 4 is 33.4 Å². The van der Waals surface area contributed by atoms with Crippen molar-refractivity contribution in [2.24, 2.45) is 5.92 Å². The van der Waals surface area contributed by atoms with Crippen molar-refractivity contribution in [2.45, 2.75) is 37.5 Å². The zero-order valence-corrected chi connectivity index (χ0v) is 21.9. The number of sulfonamides is 1. The first-order valence-electron chi connectivity index (χ1n) is 11.7. The van der Waals surface area contributed by atoms with Crippen LogP contribution in [0.4, 0.5) is 18.9 Å². The maximum atomic E-state index is 13.4. The van der Waals surface area contributed by atoms with Gasteiger partial charge in [0.2, 0.25) is 5.91 Å². The number of carboxylic acids is 1. The molecule has 1 unspecified atom stereocenters. The minimum Gasteiger partial charge on any atom is -0.478 e. The van der Waals surface area contributed by atoms with Crippen LogP contribution in [0.1, 0.15) is 24.2 Å². The second-order valence-corrected chi connectivity index (χ2v) is 10.7. The van der Waals surface area contributed by atoms with Gasteiger partial charge in [0.05, 0.1) is 22.2 Å². The molecule has 0 aliphatic heterocycles. The van der Waals surface area contributed by atoms with E-state index in [9.17, 15) is 40.8 Å². The lowest BCUT2D eigenvalue weighted by atomic mass is 9.99. The molecule has 0 bridgehead atoms. The van der Waals surface area contributed by atoms with Crippen molar-refractivity contribution in [3.63, 3.8) is 0 Å². The number of amides is 1. The molecule has 3 rings (SSSR count). The van der Waals surface area contributed by atoms with E-state index in [1.54, 1.807) is 30.3 Å². The van der Waals surface area contributed by atoms with Crippen LogP contribution in [0.25, 0.3) is 11.3 Å². The summed E-state index contributed by atoms with van der Waals surface area (Å²) in [6.07, 6.45) is -5.20. The molecule has 0 fully saturated rings. The van der Waals surface area contributed by atoms with Gasteiger partial charge in [-0.15, -0.1) is 0 Å². The fourth-order valence-electron chi connectivity index (χ4n) is 3.73. The second kappa shape index (κ2) is 11.7. The lowest BCUT2D eigenvalue weighted by Gasteiger charge is -2.23. The molecular formula is C26H24F3N3O7S. The van der Waals surface area contributed by atoms with Crippen molar-refractivity contribution in [1.29, 1.82) is 0 Å². The largest absolute Gasteiger partial charge is 0.478 e. The standard InChI is InChI=1S/C26H24F3N3O7S/c1-15(2)22(23(34)26(27,28)29)30-21(33)14-32-20(16-6-4-3-5-7-16)13-12-19(24(32)35)31-40(38,39)18-10-8-17(9-11-18)25(36)37/h3-13,15,22,31H,14H2,1-2H3,(H,30,33)(H,36,37). The predicted octanol–water partition coefficient (Wildman–Crippen LogP) is 3.29. The summed E-state index contributed by atoms with van der Waals surface area (Å²) in [4.78, 5) is 48.8. The number of halogens is 3. The van der Waals surface area contributed by atoms with Gasteiger partial charge in [-0.1, -0.05) is 44.2 Å². The molecule has 1 atom stereocenters. The molecule has 14 heteroatoms. The van der Waals surface area contributed by atoms with E-state index >= 15 is 0 Å². The predicted molar refractivity (Wildman–Crippen MR) is 138 cm³/mol. The Balaban J connectivity index is 2.01. The lowest BCUT2D eigenvalue weighted by Crippen LogP contribution is -2.50. The molecule has 2 aromatic carbocycles. The van der Waals surface area contributed by atoms with E-state index in [-0.39, 0.29) is 16.2 Å². The van der Waals surface area contributed by atoms with Crippen LogP contribution in [0.2, 0.25) is 0 Å². The molecule has 1 heterocycles. The van der Waals surface area contributed by atoms with Gasteiger partial charge in [0.1, 0.15) is 12.2 Å². The van der Waals surface area contributed by atoms with E-state index in [4.69, 9.17) is 5.11 Å². The third kappa shape index (κ3) is 6.94. The van der Waals surface area contributed by atoms with Gasteiger partial charge in [-0.3, -0.25) is 23.7 Å². The van der Waals surface area contributed by atoms with E-state index in [0.29, 0.717) is 5.56 Å². The highest BCUT2D eigenvalue weighted by Crippen LogP contribution is 2.23. The summed E-state index contributed by atoms with van der Waals surface area (Å²) in [6.45, 7) is 1.80. The first kappa shape index (κ1) is 30.1. The first-order valence-corrected chi connectivity index (χ1v) is 13.2. The molecule has 10 nitrogen and oxygen atoms in total. The number of alkyl halides is 3. The molecular weight excluding hydrogens is 555 g/mol. The molecule has 0 saturated carbocycles. The highest BCUT2D eigenvalue weighted by molar-refractivity contribution is 7.92. The smallest absolute Gasteiger partial charge is 0.452 e. The fraction of sp³-hybridized carbons (Fsp3) is 0.231. The van der Waals surface area contributed by atoms with Gasteiger partial charge in [-0.25, -0.2) is 13.2 Å². The number of aromatic carboxylic acids is 1. The molecule has 0 radical (unpaired) electrons. The summed E-state index contributed by atoms with van der Waals surface area (Å²) in [5.74, 6) is -5.43. The Morgan fingerprint density at radius 2 is 1.55 bits per heavy atom. The zero-order valence-electron chi connectivity index (χ0n) is 21.1. The number of nitrogens with one attached hydrogen (secondary N) is 2. The molecule has 0 spiro atoms. The van der Waals surface area contributed by atoms with Crippen LogP contribution in [0, 0.1) is 5.92 Å². The number of hydrogen-bond acceptors (Lipinski definition) is 6. The molecule has 0 aliphatic rings. The van der Waals surface area contributed by atoms with Crippen LogP contribution in [-0.4, -0.2) is 48.0 Å². The van der Waals surface area contributed by atoms with Gasteiger partial charge in [-0.05, 0) is 47.9 Å². The summed E-state index contributed by atoms with van der Waals surface area (Å²) in [5, 5.41) is 11.0. The van der Waals surface area contributed by atoms with Crippen LogP contribution < -0.4 is 15.6 Å². The Kier molecular flexibility index (Phi) is 8.83. The third-order valence-corrected chi connectivity index (χ3v) is 7.13. The Morgan fingerprint density at radius 1 is 0.950 bits per heavy atom. The lowest BCUT2D eigenvalue weighted by molar-refractivity contribution is -0.174. The maximum Gasteiger partial charge on any atom is 0.452 e. The van der Waals surface area contributed by atoms with Crippen LogP contribution in [0.3, 0.4) is 0 Å². The summed E-state index contributed by atoms with van der Waals surface area (Å²) in [6, 6.07) is 12.9. The van der Waals surface area contributed by atoms with Crippen molar-refractivity contribution in [2.75, 3.05) is 4.72 Å². The average Bonchev–Trinajstić information content (AvgIpc) is 2.89. The molecule has 212 valence electrons. The Bertz CT molecular complexity index is 1580. The van der Waals surface area contributed by atoms with E-state index in [2.05, 4.69) is 4.72 Å². The topological polar surface area (TPSA) is 152 Å². The highest BCUT2D eigenvalue weighted by Gasteiger charge is 2.45. The number of benzene rings is 2. The molecule has 0 saturated heterocycles. The van der Waals surface area contributed by atoms with E-state index < -0.39 is 63.6 Å². The van der Waals surface area contributed by atoms with E-state index in [1.165, 1.54) is 19.9 Å². The number of Topliss-reactive ketones (excluding diaryl/α,β-unsaturated/α-hetero) is 1. The Labute approximate surface area is 226 Å². The van der Waals surface area contributed by atoms with Crippen molar-refractivity contribution in [3.8, 4) is 11.3 Å². The minimum absolute atomic E-state index is 0.151. The average molecular weight is 580 g/mol. The quantitative estimate of drug-likeness (QED) is 0.333. The number of ketones is 1. The molecule has 0 aliphatic carbocycles. The normalized spacial score (nSPS) is 12.6. The number of aromatic nitrogens is 1. The Morgan fingerprint density at radius 3 is 2.08 bits per heavy atom. The van der Waals surface area contributed by atoms with Gasteiger partial charge < -0.3 is 10.4 Å². The number of rotatable bonds is 10. The van der Waals surface area contributed by atoms with Gasteiger partial charge in [0.25, 0.3) is 21.4 Å². The van der Waals surface area contributed by atoms with Crippen LogP contribution >= 0.6 is 0 Å². The summed E-state index contributed by atoms with van der Waals surface area (Å²) in [5.41, 5.74) is -1.05. The number of carbonyl (C=O) groups is 3. The number of pyridine rings is 1. The van der Waals surface area contributed by atoms with Crippen LogP contribution in [0.5, 0.6) is 0 Å². The van der Waals surface area contributed by atoms with Gasteiger partial charge in [0.15, 0.2) is 0 Å². The van der Waals surface area contributed by atoms with E-state index in [0.717, 1.165) is 34.9 Å². The third-order valence-electron chi connectivity index (χ3n) is 5.75. The second-order valence-electron chi connectivity index (χ2n) is 8.98. The highest BCUT2D eigenvalue weighted by atomic mass is 32.2. The zero-order chi connectivity index (χ0) is 29.8. The molecule has 40 heavy (non-hydrogen) atoms. The summed E-state index contributed by atoms with van der Waals surface area (Å²) < 4.78 is 67.9. The van der Waals surface area contributed by atoms with Crippen molar-refractivity contribution < 1.29 is 41.1 Å². The molecule has 3 N–H and O–H groups in total. The maximum absolute atomic E-state index is 13.4. The SMILES string of the molecule is CC(C)C(NC(=O)Cn1c(-c2ccccc2)ccc(NS(=O)(=O)c2ccc(C(=O)O)cc2)c1=O)C(=O)C(F)(F)F. The number of hydrogen-bond donors (Lipinski definition) is 3. The summed E-state index contributed by atoms with van der Waals surface area (Å²) in [7, 11) is -4.39. The molecule has 1 amide bonds. The Hall–Kier alpha value is -4.46. The van der Waals surface area contributed by atoms with E-state index in [1.807, 2.05) is 5.32 Å². The van der Waals surface area contributed by atoms with Gasteiger partial charge >= 0.3 is 12.1 Å². The first-order chi connectivity index (χ1) is 18.6. The summed E-state index contributed by atoms with van der Waals surface area (Å²) >= 11 is 0. The van der Waals surface area contributed by atoms with Gasteiger partial charge in [0, 0.05) is 0 Å². The number of anilines is 1. The molecule has 1 aromatic heterocycles. The van der Waals surface area contributed by atoms with Gasteiger partial charge in [-0.2, -0.15) is 13.2 Å². The van der Waals surface area contributed by atoms with Crippen molar-refractivity contribution in [3.05, 3.63) is 82.6 Å². The number of carbonyl (C=O) groups excluding carboxylic acids is 2. The van der Waals surface area contributed by atoms with Crippen molar-refractivity contribution in [1.82, 2.24) is 9.88 Å². The van der Waals surface area contributed by atoms with Crippen LogP contribution in [0.15, 0.2) is 76.4 Å². The monoisotopic (exact) mass is 579 g/mol. The minimum atomic E-state index is -5.20. The molecule has 3 aromatic rings. The fourth-order valence-corrected chi connectivity index (χ4v) is 4.79. The number of carboxylic acid groups (broad SMARTS) is 1. The van der Waals surface area contributed by atoms with Crippen LogP contribution in [-0.2, 0) is 26.2 Å². The number of nitrogens with zero attached hydrogens (tertiary/aromatic N) is 1.